The van der Waals surface area contributed by atoms with Gasteiger partial charge < -0.3 is 18.6 Å². The van der Waals surface area contributed by atoms with Crippen LogP contribution < -0.4 is 31.1 Å². The highest BCUT2D eigenvalue weighted by molar-refractivity contribution is 5.93. The molecule has 2 aromatic heterocycles. The van der Waals surface area contributed by atoms with Crippen molar-refractivity contribution in [2.45, 2.75) is 23.9 Å². The van der Waals surface area contributed by atoms with E-state index in [1.807, 2.05) is 36.4 Å². The molecular formula is C49H31N3O2. The molecule has 0 radical (unpaired) electrons. The largest absolute Gasteiger partial charge is 0.456 e. The maximum atomic E-state index is 10.6. The number of nitriles is 1. The van der Waals surface area contributed by atoms with Crippen LogP contribution in [0.15, 0.2) is 148 Å². The molecule has 0 fully saturated rings. The van der Waals surface area contributed by atoms with Gasteiger partial charge in [0.05, 0.1) is 29.4 Å². The molecule has 2 aliphatic heterocycles. The van der Waals surface area contributed by atoms with Gasteiger partial charge in [-0.3, -0.25) is 0 Å². The fourth-order valence-corrected chi connectivity index (χ4v) is 9.68. The van der Waals surface area contributed by atoms with Gasteiger partial charge in [0, 0.05) is 55.7 Å². The Hall–Kier alpha value is -7.03. The molecular weight excluding hydrogens is 663 g/mol. The molecule has 6 aromatic carbocycles. The van der Waals surface area contributed by atoms with Crippen molar-refractivity contribution in [1.82, 2.24) is 0 Å². The summed E-state index contributed by atoms with van der Waals surface area (Å²) in [7, 11) is 0. The second kappa shape index (κ2) is 11.0. The Labute approximate surface area is 310 Å². The van der Waals surface area contributed by atoms with E-state index >= 15 is 0 Å². The molecule has 54 heavy (non-hydrogen) atoms. The van der Waals surface area contributed by atoms with E-state index < -0.39 is 0 Å². The van der Waals surface area contributed by atoms with Crippen LogP contribution in [0.25, 0.3) is 57.4 Å². The van der Waals surface area contributed by atoms with E-state index in [-0.39, 0.29) is 23.9 Å². The molecule has 0 N–H and O–H groups in total. The summed E-state index contributed by atoms with van der Waals surface area (Å²) in [6.45, 7) is 0. The lowest BCUT2D eigenvalue weighted by Crippen LogP contribution is -2.37. The second-order valence-electron chi connectivity index (χ2n) is 14.7. The number of nitrogens with zero attached hydrogens (tertiary/aromatic N) is 3. The van der Waals surface area contributed by atoms with Gasteiger partial charge in [-0.2, -0.15) is 5.26 Å². The van der Waals surface area contributed by atoms with Crippen molar-refractivity contribution >= 4 is 69.0 Å². The molecule has 8 aromatic rings. The average Bonchev–Trinajstić information content (AvgIpc) is 3.96. The summed E-state index contributed by atoms with van der Waals surface area (Å²) in [5, 5.41) is 15.1. The standard InChI is InChI=1S/C49H31N3O2/c50-28-30-10-9-17-42(52-41-16-6-2-12-33(41)37-27-48-39(25-44(37)52)35-14-4-8-19-46(35)54-48)49(30)29-20-22-31(23-21-29)51-40-15-5-1-11-32(40)36-26-47-38(24-43(36)51)34-13-3-7-18-45(34)53-47/h1-27,36-37,43-44H. The highest BCUT2D eigenvalue weighted by Crippen LogP contribution is 2.51. The Morgan fingerprint density at radius 3 is 1.61 bits per heavy atom. The lowest BCUT2D eigenvalue weighted by molar-refractivity contribution is 0.567. The number of hydrogen-bond donors (Lipinski definition) is 0. The first-order valence-electron chi connectivity index (χ1n) is 18.6. The number of anilines is 4. The summed E-state index contributed by atoms with van der Waals surface area (Å²) in [5.74, 6) is 0.272. The number of para-hydroxylation sites is 4. The van der Waals surface area contributed by atoms with E-state index in [0.29, 0.717) is 5.56 Å². The summed E-state index contributed by atoms with van der Waals surface area (Å²) >= 11 is 0. The van der Waals surface area contributed by atoms with Crippen molar-refractivity contribution in [3.05, 3.63) is 177 Å². The summed E-state index contributed by atoms with van der Waals surface area (Å²) in [6.07, 6.45) is 9.35. The fraction of sp³-hybridized carbons (Fsp3) is 0.0816. The molecule has 4 aliphatic rings. The number of fused-ring (bicyclic) bond motifs is 12. The molecule has 0 saturated carbocycles. The third kappa shape index (κ3) is 4.03. The Morgan fingerprint density at radius 1 is 0.481 bits per heavy atom. The van der Waals surface area contributed by atoms with Gasteiger partial charge in [-0.05, 0) is 89.5 Å². The number of rotatable bonds is 3. The molecule has 4 unspecified atom stereocenters. The highest BCUT2D eigenvalue weighted by atomic mass is 16.3. The summed E-state index contributed by atoms with van der Waals surface area (Å²) < 4.78 is 12.7. The number of furan rings is 2. The van der Waals surface area contributed by atoms with Gasteiger partial charge in [-0.1, -0.05) is 91.0 Å². The third-order valence-corrected chi connectivity index (χ3v) is 12.0. The summed E-state index contributed by atoms with van der Waals surface area (Å²) in [6, 6.07) is 51.5. The summed E-state index contributed by atoms with van der Waals surface area (Å²) in [5.41, 5.74) is 13.3. The van der Waals surface area contributed by atoms with Crippen LogP contribution >= 0.6 is 0 Å². The molecule has 4 heterocycles. The van der Waals surface area contributed by atoms with Crippen molar-refractivity contribution < 1.29 is 8.83 Å². The van der Waals surface area contributed by atoms with Crippen LogP contribution in [0.2, 0.25) is 0 Å². The monoisotopic (exact) mass is 693 g/mol. The molecule has 0 spiro atoms. The van der Waals surface area contributed by atoms with E-state index in [4.69, 9.17) is 8.83 Å². The lowest BCUT2D eigenvalue weighted by atomic mass is 9.90. The Bertz CT molecular complexity index is 3180. The van der Waals surface area contributed by atoms with Crippen LogP contribution in [0.1, 0.15) is 28.5 Å². The van der Waals surface area contributed by atoms with Crippen molar-refractivity contribution in [3.63, 3.8) is 0 Å². The number of hydrogen-bond acceptors (Lipinski definition) is 5. The van der Waals surface area contributed by atoms with Gasteiger partial charge >= 0.3 is 0 Å². The van der Waals surface area contributed by atoms with Crippen LogP contribution in [0.3, 0.4) is 0 Å². The van der Waals surface area contributed by atoms with Crippen LogP contribution in [-0.4, -0.2) is 12.1 Å². The van der Waals surface area contributed by atoms with Gasteiger partial charge in [-0.15, -0.1) is 0 Å². The van der Waals surface area contributed by atoms with Crippen LogP contribution in [0.4, 0.5) is 22.7 Å². The Balaban J connectivity index is 0.996. The molecule has 0 bridgehead atoms. The minimum absolute atomic E-state index is 0.0166. The SMILES string of the molecule is N#Cc1cccc(N2c3ccccc3C3C=c4oc5ccccc5c4=CC32)c1-c1ccc(N2c3ccccc3C3C=c4oc5ccccc5c4=CC32)cc1. The van der Waals surface area contributed by atoms with Crippen LogP contribution in [0.5, 0.6) is 0 Å². The normalized spacial score (nSPS) is 20.0. The molecule has 2 aliphatic carbocycles. The fourth-order valence-electron chi connectivity index (χ4n) is 9.68. The predicted octanol–water partition coefficient (Wildman–Crippen LogP) is 8.48. The molecule has 0 saturated heterocycles. The van der Waals surface area contributed by atoms with E-state index in [1.54, 1.807) is 0 Å². The molecule has 4 atom stereocenters. The van der Waals surface area contributed by atoms with E-state index in [0.717, 1.165) is 71.4 Å². The van der Waals surface area contributed by atoms with Gasteiger partial charge in [0.25, 0.3) is 0 Å². The smallest absolute Gasteiger partial charge is 0.135 e. The quantitative estimate of drug-likeness (QED) is 0.186. The second-order valence-corrected chi connectivity index (χ2v) is 14.7. The first kappa shape index (κ1) is 29.5. The van der Waals surface area contributed by atoms with Crippen molar-refractivity contribution in [3.8, 4) is 17.2 Å². The lowest BCUT2D eigenvalue weighted by Gasteiger charge is -2.31. The van der Waals surface area contributed by atoms with Crippen molar-refractivity contribution in [2.75, 3.05) is 9.80 Å². The molecule has 0 amide bonds. The zero-order chi connectivity index (χ0) is 35.5. The molecule has 5 nitrogen and oxygen atoms in total. The average molecular weight is 694 g/mol. The zero-order valence-electron chi connectivity index (χ0n) is 29.1. The van der Waals surface area contributed by atoms with Gasteiger partial charge in [0.15, 0.2) is 0 Å². The summed E-state index contributed by atoms with van der Waals surface area (Å²) in [4.78, 5) is 4.90. The van der Waals surface area contributed by atoms with Crippen molar-refractivity contribution in [1.29, 1.82) is 5.26 Å². The van der Waals surface area contributed by atoms with Crippen LogP contribution in [-0.2, 0) is 0 Å². The Morgan fingerprint density at radius 2 is 1.00 bits per heavy atom. The van der Waals surface area contributed by atoms with Crippen LogP contribution in [0, 0.1) is 11.3 Å². The van der Waals surface area contributed by atoms with Gasteiger partial charge in [0.2, 0.25) is 0 Å². The predicted molar refractivity (Wildman–Crippen MR) is 216 cm³/mol. The topological polar surface area (TPSA) is 56.6 Å². The van der Waals surface area contributed by atoms with E-state index in [9.17, 15) is 5.26 Å². The van der Waals surface area contributed by atoms with Gasteiger partial charge in [0.1, 0.15) is 22.0 Å². The maximum Gasteiger partial charge on any atom is 0.135 e. The molecule has 12 rings (SSSR count). The third-order valence-electron chi connectivity index (χ3n) is 12.0. The van der Waals surface area contributed by atoms with E-state index in [1.165, 1.54) is 16.8 Å². The molecule has 254 valence electrons. The zero-order valence-corrected chi connectivity index (χ0v) is 29.1. The first-order chi connectivity index (χ1) is 26.7. The first-order valence-corrected chi connectivity index (χ1v) is 18.6. The van der Waals surface area contributed by atoms with E-state index in [2.05, 4.69) is 143 Å². The van der Waals surface area contributed by atoms with Crippen molar-refractivity contribution in [2.24, 2.45) is 0 Å². The Kier molecular flexibility index (Phi) is 6.01. The molecule has 5 heteroatoms. The maximum absolute atomic E-state index is 10.6. The minimum Gasteiger partial charge on any atom is -0.456 e. The number of benzene rings is 6. The minimum atomic E-state index is 0.0166. The highest BCUT2D eigenvalue weighted by Gasteiger charge is 2.41. The van der Waals surface area contributed by atoms with Gasteiger partial charge in [-0.25, -0.2) is 0 Å².